The Morgan fingerprint density at radius 1 is 0.946 bits per heavy atom. The van der Waals surface area contributed by atoms with Crippen molar-refractivity contribution in [3.05, 3.63) is 35.9 Å². The SMILES string of the molecule is C[C@@H]1NC(=O)[C@H](CCCCCC(=O)[C@H]2CO2)NC(=O)[C@H]2CCCN2C(=O)[C@H](Cc2ccccc2)NC1=O. The van der Waals surface area contributed by atoms with Gasteiger partial charge in [-0.2, -0.15) is 0 Å². The van der Waals surface area contributed by atoms with Crippen molar-refractivity contribution < 1.29 is 28.7 Å². The molecule has 4 rings (SSSR count). The summed E-state index contributed by atoms with van der Waals surface area (Å²) in [5, 5.41) is 8.35. The van der Waals surface area contributed by atoms with E-state index in [-0.39, 0.29) is 30.1 Å². The van der Waals surface area contributed by atoms with Crippen molar-refractivity contribution in [1.82, 2.24) is 20.9 Å². The van der Waals surface area contributed by atoms with E-state index in [1.807, 2.05) is 30.3 Å². The van der Waals surface area contributed by atoms with E-state index in [1.165, 1.54) is 4.90 Å². The van der Waals surface area contributed by atoms with Crippen molar-refractivity contribution in [2.24, 2.45) is 0 Å². The lowest BCUT2D eigenvalue weighted by Crippen LogP contribution is -2.61. The third kappa shape index (κ3) is 7.15. The van der Waals surface area contributed by atoms with Crippen molar-refractivity contribution in [3.8, 4) is 0 Å². The van der Waals surface area contributed by atoms with Crippen molar-refractivity contribution in [2.75, 3.05) is 13.2 Å². The summed E-state index contributed by atoms with van der Waals surface area (Å²) in [6.45, 7) is 2.49. The smallest absolute Gasteiger partial charge is 0.246 e. The van der Waals surface area contributed by atoms with Crippen LogP contribution < -0.4 is 16.0 Å². The molecular weight excluding hydrogens is 476 g/mol. The summed E-state index contributed by atoms with van der Waals surface area (Å²) < 4.78 is 5.00. The maximum atomic E-state index is 13.5. The second kappa shape index (κ2) is 12.3. The summed E-state index contributed by atoms with van der Waals surface area (Å²) in [6.07, 6.45) is 4.07. The third-order valence-electron chi connectivity index (χ3n) is 7.23. The molecule has 0 aromatic heterocycles. The molecule has 3 aliphatic heterocycles. The lowest BCUT2D eigenvalue weighted by Gasteiger charge is -2.32. The fourth-order valence-electron chi connectivity index (χ4n) is 4.99. The Labute approximate surface area is 216 Å². The number of amides is 4. The summed E-state index contributed by atoms with van der Waals surface area (Å²) in [7, 11) is 0. The average molecular weight is 513 g/mol. The largest absolute Gasteiger partial charge is 0.365 e. The van der Waals surface area contributed by atoms with Gasteiger partial charge in [-0.15, -0.1) is 0 Å². The summed E-state index contributed by atoms with van der Waals surface area (Å²) >= 11 is 0. The Morgan fingerprint density at radius 3 is 2.41 bits per heavy atom. The zero-order valence-electron chi connectivity index (χ0n) is 21.2. The van der Waals surface area contributed by atoms with Gasteiger partial charge in [-0.1, -0.05) is 43.2 Å². The first kappa shape index (κ1) is 26.8. The minimum atomic E-state index is -0.886. The molecule has 5 atom stereocenters. The number of carbonyl (C=O) groups is 5. The molecule has 0 spiro atoms. The molecular formula is C27H36N4O6. The van der Waals surface area contributed by atoms with Gasteiger partial charge in [-0.3, -0.25) is 24.0 Å². The predicted molar refractivity (Wildman–Crippen MR) is 134 cm³/mol. The predicted octanol–water partition coefficient (Wildman–Crippen LogP) is 0.626. The maximum Gasteiger partial charge on any atom is 0.246 e. The average Bonchev–Trinajstić information content (AvgIpc) is 3.63. The van der Waals surface area contributed by atoms with Gasteiger partial charge in [0.05, 0.1) is 6.61 Å². The van der Waals surface area contributed by atoms with E-state index in [2.05, 4.69) is 16.0 Å². The van der Waals surface area contributed by atoms with Gasteiger partial charge in [0.2, 0.25) is 23.6 Å². The number of benzene rings is 1. The number of carbonyl (C=O) groups excluding carboxylic acids is 5. The Balaban J connectivity index is 1.44. The molecule has 1 aromatic rings. The van der Waals surface area contributed by atoms with E-state index < -0.39 is 36.0 Å². The van der Waals surface area contributed by atoms with Crippen LogP contribution in [-0.4, -0.2) is 77.7 Å². The second-order valence-electron chi connectivity index (χ2n) is 10.1. The van der Waals surface area contributed by atoms with Crippen LogP contribution in [0.3, 0.4) is 0 Å². The highest BCUT2D eigenvalue weighted by molar-refractivity contribution is 5.97. The van der Waals surface area contributed by atoms with E-state index in [0.717, 1.165) is 12.0 Å². The van der Waals surface area contributed by atoms with Crippen molar-refractivity contribution in [1.29, 1.82) is 0 Å². The lowest BCUT2D eigenvalue weighted by molar-refractivity contribution is -0.143. The number of nitrogens with one attached hydrogen (secondary N) is 3. The number of Topliss-reactive ketones (excluding diaryl/α,β-unsaturated/α-hetero) is 1. The van der Waals surface area contributed by atoms with E-state index in [0.29, 0.717) is 51.7 Å². The molecule has 0 radical (unpaired) electrons. The van der Waals surface area contributed by atoms with Gasteiger partial charge in [0.25, 0.3) is 0 Å². The Kier molecular flexibility index (Phi) is 8.91. The van der Waals surface area contributed by atoms with Crippen molar-refractivity contribution in [2.45, 2.75) is 88.6 Å². The zero-order valence-corrected chi connectivity index (χ0v) is 21.2. The van der Waals surface area contributed by atoms with Gasteiger partial charge in [-0.05, 0) is 38.2 Å². The molecule has 1 aromatic carbocycles. The molecule has 200 valence electrons. The van der Waals surface area contributed by atoms with E-state index in [4.69, 9.17) is 4.74 Å². The molecule has 4 amide bonds. The van der Waals surface area contributed by atoms with E-state index in [9.17, 15) is 24.0 Å². The van der Waals surface area contributed by atoms with Crippen LogP contribution in [0.4, 0.5) is 0 Å². The normalized spacial score (nSPS) is 28.4. The Morgan fingerprint density at radius 2 is 1.68 bits per heavy atom. The molecule has 3 aliphatic rings. The number of hydrogen-bond acceptors (Lipinski definition) is 6. The van der Waals surface area contributed by atoms with Gasteiger partial charge < -0.3 is 25.6 Å². The standard InChI is InChI=1S/C27H36N4O6/c1-17-24(33)30-20(15-18-9-4-2-5-10-18)27(36)31-14-8-12-21(31)26(35)29-19(25(34)28-17)11-6-3-7-13-22(32)23-16-37-23/h2,4-5,9-10,17,19-21,23H,3,6-8,11-16H2,1H3,(H,28,34)(H,29,35)(H,30,33)/t17-,19-,20-,21+,23+/m0/s1. The number of ether oxygens (including phenoxy) is 1. The van der Waals surface area contributed by atoms with E-state index >= 15 is 0 Å². The minimum Gasteiger partial charge on any atom is -0.365 e. The molecule has 0 saturated carbocycles. The van der Waals surface area contributed by atoms with Crippen LogP contribution in [0.15, 0.2) is 30.3 Å². The Bertz CT molecular complexity index is 1010. The number of unbranched alkanes of at least 4 members (excludes halogenated alkanes) is 2. The number of ketones is 1. The summed E-state index contributed by atoms with van der Waals surface area (Å²) in [6, 6.07) is 6.13. The Hall–Kier alpha value is -3.27. The molecule has 10 nitrogen and oxygen atoms in total. The molecule has 10 heteroatoms. The van der Waals surface area contributed by atoms with Gasteiger partial charge >= 0.3 is 0 Å². The van der Waals surface area contributed by atoms with Crippen LogP contribution in [0.25, 0.3) is 0 Å². The fourth-order valence-corrected chi connectivity index (χ4v) is 4.99. The van der Waals surface area contributed by atoms with Gasteiger partial charge in [0, 0.05) is 19.4 Å². The summed E-state index contributed by atoms with van der Waals surface area (Å²) in [5.41, 5.74) is 0.886. The van der Waals surface area contributed by atoms with Gasteiger partial charge in [-0.25, -0.2) is 0 Å². The first-order chi connectivity index (χ1) is 17.8. The fraction of sp³-hybridized carbons (Fsp3) is 0.593. The van der Waals surface area contributed by atoms with Gasteiger partial charge in [0.15, 0.2) is 5.78 Å². The molecule has 0 aliphatic carbocycles. The number of epoxide rings is 1. The highest BCUT2D eigenvalue weighted by atomic mass is 16.6. The third-order valence-corrected chi connectivity index (χ3v) is 7.23. The number of nitrogens with zero attached hydrogens (tertiary/aromatic N) is 1. The molecule has 3 fully saturated rings. The molecule has 0 unspecified atom stereocenters. The van der Waals surface area contributed by atoms with Crippen LogP contribution in [0.2, 0.25) is 0 Å². The highest BCUT2D eigenvalue weighted by Gasteiger charge is 2.40. The topological polar surface area (TPSA) is 137 Å². The monoisotopic (exact) mass is 512 g/mol. The van der Waals surface area contributed by atoms with Crippen LogP contribution in [0.1, 0.15) is 57.4 Å². The molecule has 3 heterocycles. The van der Waals surface area contributed by atoms with Crippen LogP contribution in [-0.2, 0) is 35.1 Å². The molecule has 3 N–H and O–H groups in total. The number of rotatable bonds is 9. The van der Waals surface area contributed by atoms with Crippen LogP contribution in [0.5, 0.6) is 0 Å². The van der Waals surface area contributed by atoms with Crippen molar-refractivity contribution >= 4 is 29.4 Å². The molecule has 3 saturated heterocycles. The maximum absolute atomic E-state index is 13.5. The van der Waals surface area contributed by atoms with Crippen LogP contribution in [0, 0.1) is 0 Å². The van der Waals surface area contributed by atoms with E-state index in [1.54, 1.807) is 6.92 Å². The minimum absolute atomic E-state index is 0.105. The van der Waals surface area contributed by atoms with Gasteiger partial charge in [0.1, 0.15) is 30.3 Å². The second-order valence-corrected chi connectivity index (χ2v) is 10.1. The summed E-state index contributed by atoms with van der Waals surface area (Å²) in [4.78, 5) is 66.2. The highest BCUT2D eigenvalue weighted by Crippen LogP contribution is 2.21. The quantitative estimate of drug-likeness (QED) is 0.328. The first-order valence-electron chi connectivity index (χ1n) is 13.2. The lowest BCUT2D eigenvalue weighted by atomic mass is 10.0. The van der Waals surface area contributed by atoms with Crippen molar-refractivity contribution in [3.63, 3.8) is 0 Å². The zero-order chi connectivity index (χ0) is 26.4. The number of fused-ring (bicyclic) bond motifs is 1. The summed E-state index contributed by atoms with van der Waals surface area (Å²) in [5.74, 6) is -1.44. The molecule has 37 heavy (non-hydrogen) atoms. The first-order valence-corrected chi connectivity index (χ1v) is 13.2. The molecule has 0 bridgehead atoms. The van der Waals surface area contributed by atoms with Crippen LogP contribution >= 0.6 is 0 Å². The number of hydrogen-bond donors (Lipinski definition) is 3.